The van der Waals surface area contributed by atoms with Crippen LogP contribution in [-0.2, 0) is 17.5 Å². The Morgan fingerprint density at radius 3 is 2.70 bits per heavy atom. The molecule has 2 aromatic rings. The zero-order valence-corrected chi connectivity index (χ0v) is 14.1. The number of ether oxygens (including phenoxy) is 1. The van der Waals surface area contributed by atoms with Crippen molar-refractivity contribution < 1.29 is 22.7 Å². The lowest BCUT2D eigenvalue weighted by molar-refractivity contribution is -0.137. The van der Waals surface area contributed by atoms with Crippen molar-refractivity contribution in [3.05, 3.63) is 35.5 Å². The highest BCUT2D eigenvalue weighted by atomic mass is 19.4. The van der Waals surface area contributed by atoms with E-state index in [9.17, 15) is 18.0 Å². The highest BCUT2D eigenvalue weighted by Gasteiger charge is 2.33. The van der Waals surface area contributed by atoms with Crippen LogP contribution in [0.3, 0.4) is 0 Å². The lowest BCUT2D eigenvalue weighted by Gasteiger charge is -2.29. The van der Waals surface area contributed by atoms with E-state index in [1.807, 2.05) is 4.90 Å². The van der Waals surface area contributed by atoms with Crippen LogP contribution in [0.2, 0.25) is 0 Å². The molecule has 1 fully saturated rings. The molecule has 0 aromatic carbocycles. The van der Waals surface area contributed by atoms with Crippen LogP contribution in [0.15, 0.2) is 24.4 Å². The number of carbonyl (C=O) groups excluding carboxylic acids is 1. The van der Waals surface area contributed by atoms with E-state index in [1.165, 1.54) is 6.20 Å². The molecule has 0 unspecified atom stereocenters. The quantitative estimate of drug-likeness (QED) is 0.835. The number of hydrogen-bond donors (Lipinski definition) is 2. The van der Waals surface area contributed by atoms with Crippen molar-refractivity contribution in [2.24, 2.45) is 0 Å². The molecule has 10 heteroatoms. The number of anilines is 2. The third-order valence-corrected chi connectivity index (χ3v) is 4.48. The average molecular weight is 379 g/mol. The van der Waals surface area contributed by atoms with E-state index in [2.05, 4.69) is 20.6 Å². The molecular weight excluding hydrogens is 363 g/mol. The molecule has 1 amide bonds. The predicted octanol–water partition coefficient (Wildman–Crippen LogP) is 2.63. The van der Waals surface area contributed by atoms with Crippen molar-refractivity contribution >= 4 is 17.7 Å². The molecule has 2 N–H and O–H groups in total. The summed E-state index contributed by atoms with van der Waals surface area (Å²) in [5, 5.41) is 5.62. The molecular formula is C17H16F3N5O2. The van der Waals surface area contributed by atoms with Gasteiger partial charge in [-0.1, -0.05) is 0 Å². The van der Waals surface area contributed by atoms with E-state index in [-0.39, 0.29) is 23.9 Å². The van der Waals surface area contributed by atoms with Crippen LogP contribution < -0.4 is 15.5 Å². The van der Waals surface area contributed by atoms with Crippen molar-refractivity contribution in [2.75, 3.05) is 36.4 Å². The number of carbonyl (C=O) groups is 1. The summed E-state index contributed by atoms with van der Waals surface area (Å²) in [6, 6.07) is 3.65. The van der Waals surface area contributed by atoms with Crippen LogP contribution in [0.25, 0.3) is 11.3 Å². The molecule has 0 atom stereocenters. The van der Waals surface area contributed by atoms with E-state index in [0.717, 1.165) is 12.1 Å². The van der Waals surface area contributed by atoms with Crippen LogP contribution in [0, 0.1) is 0 Å². The smallest absolute Gasteiger partial charge is 0.416 e. The van der Waals surface area contributed by atoms with Crippen LogP contribution >= 0.6 is 0 Å². The largest absolute Gasteiger partial charge is 0.444 e. The fourth-order valence-corrected chi connectivity index (χ4v) is 3.13. The Morgan fingerprint density at radius 1 is 1.19 bits per heavy atom. The lowest BCUT2D eigenvalue weighted by Crippen LogP contribution is -2.44. The summed E-state index contributed by atoms with van der Waals surface area (Å²) in [5.41, 5.74) is 0.335. The van der Waals surface area contributed by atoms with Gasteiger partial charge in [0, 0.05) is 43.5 Å². The number of hydrogen-bond acceptors (Lipinski definition) is 6. The normalized spacial score (nSPS) is 17.1. The number of halogens is 3. The molecule has 0 radical (unpaired) electrons. The summed E-state index contributed by atoms with van der Waals surface area (Å²) in [6.07, 6.45) is -3.73. The van der Waals surface area contributed by atoms with Crippen molar-refractivity contribution in [3.63, 3.8) is 0 Å². The van der Waals surface area contributed by atoms with Crippen molar-refractivity contribution in [2.45, 2.75) is 12.8 Å². The van der Waals surface area contributed by atoms with Gasteiger partial charge < -0.3 is 15.0 Å². The number of rotatable bonds is 2. The third-order valence-electron chi connectivity index (χ3n) is 4.48. The van der Waals surface area contributed by atoms with Gasteiger partial charge in [0.1, 0.15) is 18.2 Å². The second-order valence-corrected chi connectivity index (χ2v) is 6.22. The second kappa shape index (κ2) is 6.69. The van der Waals surface area contributed by atoms with Gasteiger partial charge in [-0.05, 0) is 18.2 Å². The van der Waals surface area contributed by atoms with Crippen LogP contribution in [0.5, 0.6) is 0 Å². The molecule has 2 aromatic heterocycles. The van der Waals surface area contributed by atoms with Gasteiger partial charge in [-0.3, -0.25) is 5.32 Å². The van der Waals surface area contributed by atoms with Gasteiger partial charge in [-0.15, -0.1) is 0 Å². The molecule has 2 aliphatic rings. The van der Waals surface area contributed by atoms with Gasteiger partial charge >= 0.3 is 12.3 Å². The van der Waals surface area contributed by atoms with Gasteiger partial charge in [-0.25, -0.2) is 14.8 Å². The molecule has 1 saturated heterocycles. The Kier molecular flexibility index (Phi) is 4.34. The molecule has 7 nitrogen and oxygen atoms in total. The minimum absolute atomic E-state index is 0.0781. The first kappa shape index (κ1) is 17.5. The molecule has 4 rings (SSSR count). The molecule has 0 aliphatic carbocycles. The SMILES string of the molecule is O=C1Nc2nccc(-c3cc(C(F)(F)F)cc(N4CCNCC4)n3)c2CO1. The number of fused-ring (bicyclic) bond motifs is 1. The van der Waals surface area contributed by atoms with Gasteiger partial charge in [0.15, 0.2) is 0 Å². The molecule has 0 bridgehead atoms. The zero-order chi connectivity index (χ0) is 19.0. The monoisotopic (exact) mass is 379 g/mol. The second-order valence-electron chi connectivity index (χ2n) is 6.22. The summed E-state index contributed by atoms with van der Waals surface area (Å²) in [6.45, 7) is 2.42. The average Bonchev–Trinajstić information content (AvgIpc) is 2.67. The highest BCUT2D eigenvalue weighted by molar-refractivity contribution is 5.88. The number of alkyl halides is 3. The number of amides is 1. The molecule has 2 aliphatic heterocycles. The van der Waals surface area contributed by atoms with Crippen LogP contribution in [-0.4, -0.2) is 42.2 Å². The van der Waals surface area contributed by atoms with Gasteiger partial charge in [0.2, 0.25) is 0 Å². The van der Waals surface area contributed by atoms with E-state index in [0.29, 0.717) is 37.3 Å². The fourth-order valence-electron chi connectivity index (χ4n) is 3.13. The van der Waals surface area contributed by atoms with Gasteiger partial charge in [0.25, 0.3) is 0 Å². The number of nitrogens with one attached hydrogen (secondary N) is 2. The molecule has 4 heterocycles. The Hall–Kier alpha value is -2.88. The Bertz CT molecular complexity index is 881. The molecule has 0 saturated carbocycles. The van der Waals surface area contributed by atoms with E-state index < -0.39 is 17.8 Å². The fraction of sp³-hybridized carbons (Fsp3) is 0.353. The van der Waals surface area contributed by atoms with Gasteiger partial charge in [-0.2, -0.15) is 13.2 Å². The standard InChI is InChI=1S/C17H16F3N5O2/c18-17(19,20)10-7-13(23-14(8-10)25-5-3-21-4-6-25)11-1-2-22-15-12(11)9-27-16(26)24-15/h1-2,7-8,21H,3-6,9H2,(H,22,24,26). The van der Waals surface area contributed by atoms with E-state index in [1.54, 1.807) is 6.07 Å². The minimum atomic E-state index is -4.50. The third kappa shape index (κ3) is 3.52. The number of cyclic esters (lactones) is 1. The topological polar surface area (TPSA) is 79.4 Å². The lowest BCUT2D eigenvalue weighted by atomic mass is 10.0. The van der Waals surface area contributed by atoms with E-state index in [4.69, 9.17) is 4.74 Å². The number of pyridine rings is 2. The summed E-state index contributed by atoms with van der Waals surface area (Å²) >= 11 is 0. The highest BCUT2D eigenvalue weighted by Crippen LogP contribution is 2.36. The first-order chi connectivity index (χ1) is 12.9. The first-order valence-electron chi connectivity index (χ1n) is 8.39. The predicted molar refractivity (Wildman–Crippen MR) is 91.4 cm³/mol. The van der Waals surface area contributed by atoms with E-state index >= 15 is 0 Å². The summed E-state index contributed by atoms with van der Waals surface area (Å²) in [7, 11) is 0. The van der Waals surface area contributed by atoms with Gasteiger partial charge in [0.05, 0.1) is 11.3 Å². The van der Waals surface area contributed by atoms with Crippen molar-refractivity contribution in [3.8, 4) is 11.3 Å². The van der Waals surface area contributed by atoms with Crippen LogP contribution in [0.4, 0.5) is 29.6 Å². The Labute approximate surface area is 152 Å². The molecule has 27 heavy (non-hydrogen) atoms. The van der Waals surface area contributed by atoms with Crippen LogP contribution in [0.1, 0.15) is 11.1 Å². The Morgan fingerprint density at radius 2 is 1.96 bits per heavy atom. The van der Waals surface area contributed by atoms with Crippen molar-refractivity contribution in [1.29, 1.82) is 0 Å². The molecule has 0 spiro atoms. The number of aromatic nitrogens is 2. The number of nitrogens with zero attached hydrogens (tertiary/aromatic N) is 3. The summed E-state index contributed by atoms with van der Waals surface area (Å²) in [5.74, 6) is 0.541. The maximum absolute atomic E-state index is 13.5. The number of piperazine rings is 1. The minimum Gasteiger partial charge on any atom is -0.444 e. The molecule has 142 valence electrons. The zero-order valence-electron chi connectivity index (χ0n) is 14.1. The first-order valence-corrected chi connectivity index (χ1v) is 8.39. The van der Waals surface area contributed by atoms with Crippen molar-refractivity contribution in [1.82, 2.24) is 15.3 Å². The Balaban J connectivity index is 1.83. The maximum Gasteiger partial charge on any atom is 0.416 e. The maximum atomic E-state index is 13.5. The summed E-state index contributed by atoms with van der Waals surface area (Å²) < 4.78 is 45.4. The summed E-state index contributed by atoms with van der Waals surface area (Å²) in [4.78, 5) is 21.7.